The standard InChI is InChI=1S/C19H22N4O3/c24-16(23-12-9-15(21-23)14-7-3-1-4-8-14)13-22-17(25)19(20-18(22)26)10-5-2-6-11-19/h1,3-4,7-8H,2,5-6,9-13H2,(H,20,26). The van der Waals surface area contributed by atoms with E-state index in [2.05, 4.69) is 10.4 Å². The predicted octanol–water partition coefficient (Wildman–Crippen LogP) is 1.88. The molecule has 2 heterocycles. The van der Waals surface area contributed by atoms with Gasteiger partial charge in [-0.05, 0) is 18.4 Å². The summed E-state index contributed by atoms with van der Waals surface area (Å²) < 4.78 is 0. The van der Waals surface area contributed by atoms with Crippen LogP contribution in [-0.4, -0.2) is 52.1 Å². The number of hydrogen-bond donors (Lipinski definition) is 1. The second kappa shape index (κ2) is 6.55. The van der Waals surface area contributed by atoms with Crippen molar-refractivity contribution in [3.05, 3.63) is 35.9 Å². The molecule has 1 saturated heterocycles. The number of imide groups is 1. The number of hydrazone groups is 1. The van der Waals surface area contributed by atoms with Gasteiger partial charge in [0.1, 0.15) is 12.1 Å². The van der Waals surface area contributed by atoms with Gasteiger partial charge in [-0.2, -0.15) is 5.10 Å². The number of rotatable bonds is 3. The van der Waals surface area contributed by atoms with Crippen molar-refractivity contribution in [3.63, 3.8) is 0 Å². The third-order valence-corrected chi connectivity index (χ3v) is 5.44. The van der Waals surface area contributed by atoms with Crippen LogP contribution in [0.3, 0.4) is 0 Å². The average Bonchev–Trinajstić information content (AvgIpc) is 3.24. The fourth-order valence-electron chi connectivity index (χ4n) is 4.00. The van der Waals surface area contributed by atoms with Crippen molar-refractivity contribution in [2.24, 2.45) is 5.10 Å². The van der Waals surface area contributed by atoms with E-state index in [-0.39, 0.29) is 18.4 Å². The normalized spacial score (nSPS) is 21.9. The Balaban J connectivity index is 1.44. The predicted molar refractivity (Wildman–Crippen MR) is 95.4 cm³/mol. The number of carbonyl (C=O) groups is 3. The van der Waals surface area contributed by atoms with Gasteiger partial charge in [-0.25, -0.2) is 9.80 Å². The van der Waals surface area contributed by atoms with Gasteiger partial charge in [0.15, 0.2) is 0 Å². The van der Waals surface area contributed by atoms with Crippen molar-refractivity contribution >= 4 is 23.6 Å². The Bertz CT molecular complexity index is 768. The highest BCUT2D eigenvalue weighted by molar-refractivity contribution is 6.09. The summed E-state index contributed by atoms with van der Waals surface area (Å²) in [6.07, 6.45) is 4.90. The maximum atomic E-state index is 12.8. The molecule has 4 amide bonds. The van der Waals surface area contributed by atoms with Gasteiger partial charge in [-0.1, -0.05) is 49.6 Å². The molecule has 0 aromatic heterocycles. The number of hydrogen-bond acceptors (Lipinski definition) is 4. The zero-order valence-corrected chi connectivity index (χ0v) is 14.6. The lowest BCUT2D eigenvalue weighted by Gasteiger charge is -2.30. The molecule has 4 rings (SSSR count). The van der Waals surface area contributed by atoms with E-state index >= 15 is 0 Å². The van der Waals surface area contributed by atoms with Crippen LogP contribution in [-0.2, 0) is 9.59 Å². The molecule has 0 atom stereocenters. The third-order valence-electron chi connectivity index (χ3n) is 5.44. The highest BCUT2D eigenvalue weighted by Crippen LogP contribution is 2.33. The monoisotopic (exact) mass is 354 g/mol. The first-order valence-corrected chi connectivity index (χ1v) is 9.16. The highest BCUT2D eigenvalue weighted by Gasteiger charge is 2.51. The quantitative estimate of drug-likeness (QED) is 0.842. The Labute approximate surface area is 152 Å². The maximum Gasteiger partial charge on any atom is 0.325 e. The molecule has 1 aromatic rings. The lowest BCUT2D eigenvalue weighted by atomic mass is 9.82. The van der Waals surface area contributed by atoms with E-state index in [9.17, 15) is 14.4 Å². The first-order chi connectivity index (χ1) is 12.6. The van der Waals surface area contributed by atoms with E-state index in [1.807, 2.05) is 30.3 Å². The van der Waals surface area contributed by atoms with Crippen LogP contribution in [0.1, 0.15) is 44.1 Å². The molecule has 0 radical (unpaired) electrons. The Morgan fingerprint density at radius 2 is 1.85 bits per heavy atom. The van der Waals surface area contributed by atoms with E-state index in [4.69, 9.17) is 0 Å². The third kappa shape index (κ3) is 2.87. The zero-order valence-electron chi connectivity index (χ0n) is 14.6. The Kier molecular flexibility index (Phi) is 4.22. The van der Waals surface area contributed by atoms with Crippen molar-refractivity contribution in [1.82, 2.24) is 15.2 Å². The van der Waals surface area contributed by atoms with Crippen molar-refractivity contribution < 1.29 is 14.4 Å². The number of nitrogens with one attached hydrogen (secondary N) is 1. The summed E-state index contributed by atoms with van der Waals surface area (Å²) in [5.74, 6) is -0.589. The SMILES string of the molecule is O=C(CN1C(=O)NC2(CCCCC2)C1=O)N1CCC(c2ccccc2)=N1. The Hall–Kier alpha value is -2.70. The molecular formula is C19H22N4O3. The molecule has 26 heavy (non-hydrogen) atoms. The van der Waals surface area contributed by atoms with Crippen molar-refractivity contribution in [1.29, 1.82) is 0 Å². The van der Waals surface area contributed by atoms with Crippen molar-refractivity contribution in [2.75, 3.05) is 13.1 Å². The number of amides is 4. The lowest BCUT2D eigenvalue weighted by molar-refractivity contribution is -0.139. The molecule has 136 valence electrons. The van der Waals surface area contributed by atoms with Crippen LogP contribution in [0.5, 0.6) is 0 Å². The van der Waals surface area contributed by atoms with Crippen LogP contribution in [0.2, 0.25) is 0 Å². The zero-order chi connectivity index (χ0) is 18.1. The minimum Gasteiger partial charge on any atom is -0.323 e. The van der Waals surface area contributed by atoms with Gasteiger partial charge in [0, 0.05) is 6.42 Å². The van der Waals surface area contributed by atoms with Gasteiger partial charge < -0.3 is 5.32 Å². The molecular weight excluding hydrogens is 332 g/mol. The molecule has 1 aromatic carbocycles. The number of carbonyl (C=O) groups excluding carboxylic acids is 3. The minimum absolute atomic E-state index is 0.252. The molecule has 2 fully saturated rings. The van der Waals surface area contributed by atoms with Gasteiger partial charge in [0.25, 0.3) is 11.8 Å². The van der Waals surface area contributed by atoms with Crippen LogP contribution >= 0.6 is 0 Å². The van der Waals surface area contributed by atoms with Crippen LogP contribution in [0.15, 0.2) is 35.4 Å². The molecule has 0 bridgehead atoms. The number of urea groups is 1. The Morgan fingerprint density at radius 1 is 1.12 bits per heavy atom. The molecule has 1 spiro atoms. The van der Waals surface area contributed by atoms with Gasteiger partial charge in [-0.3, -0.25) is 14.5 Å². The molecule has 1 saturated carbocycles. The van der Waals surface area contributed by atoms with E-state index in [0.717, 1.165) is 35.4 Å². The first-order valence-electron chi connectivity index (χ1n) is 9.16. The topological polar surface area (TPSA) is 82.1 Å². The number of nitrogens with zero attached hydrogens (tertiary/aromatic N) is 3. The summed E-state index contributed by atoms with van der Waals surface area (Å²) in [6.45, 7) is 0.218. The maximum absolute atomic E-state index is 12.8. The summed E-state index contributed by atoms with van der Waals surface area (Å²) in [6, 6.07) is 9.24. The molecule has 7 heteroatoms. The molecule has 1 aliphatic carbocycles. The molecule has 0 unspecified atom stereocenters. The fraction of sp³-hybridized carbons (Fsp3) is 0.474. The Morgan fingerprint density at radius 3 is 2.58 bits per heavy atom. The molecule has 1 N–H and O–H groups in total. The summed E-state index contributed by atoms with van der Waals surface area (Å²) in [4.78, 5) is 38.7. The lowest BCUT2D eigenvalue weighted by Crippen LogP contribution is -2.49. The largest absolute Gasteiger partial charge is 0.325 e. The average molecular weight is 354 g/mol. The van der Waals surface area contributed by atoms with Crippen LogP contribution in [0, 0.1) is 0 Å². The molecule has 3 aliphatic rings. The van der Waals surface area contributed by atoms with Gasteiger partial charge in [0.05, 0.1) is 12.3 Å². The van der Waals surface area contributed by atoms with E-state index < -0.39 is 11.6 Å². The van der Waals surface area contributed by atoms with Gasteiger partial charge >= 0.3 is 6.03 Å². The van der Waals surface area contributed by atoms with Crippen LogP contribution in [0.4, 0.5) is 4.79 Å². The smallest absolute Gasteiger partial charge is 0.323 e. The van der Waals surface area contributed by atoms with Crippen LogP contribution < -0.4 is 5.32 Å². The summed E-state index contributed by atoms with van der Waals surface area (Å²) in [5.41, 5.74) is 1.04. The van der Waals surface area contributed by atoms with E-state index in [1.54, 1.807) is 0 Å². The minimum atomic E-state index is -0.793. The first kappa shape index (κ1) is 16.8. The van der Waals surface area contributed by atoms with Crippen molar-refractivity contribution in [3.8, 4) is 0 Å². The second-order valence-electron chi connectivity index (χ2n) is 7.14. The van der Waals surface area contributed by atoms with Crippen molar-refractivity contribution in [2.45, 2.75) is 44.1 Å². The van der Waals surface area contributed by atoms with Gasteiger partial charge in [0.2, 0.25) is 0 Å². The fourth-order valence-corrected chi connectivity index (χ4v) is 4.00. The van der Waals surface area contributed by atoms with E-state index in [1.165, 1.54) is 5.01 Å². The van der Waals surface area contributed by atoms with Gasteiger partial charge in [-0.15, -0.1) is 0 Å². The number of benzene rings is 1. The molecule has 2 aliphatic heterocycles. The summed E-state index contributed by atoms with van der Waals surface area (Å²) in [5, 5.41) is 8.59. The summed E-state index contributed by atoms with van der Waals surface area (Å²) >= 11 is 0. The summed E-state index contributed by atoms with van der Waals surface area (Å²) in [7, 11) is 0. The van der Waals surface area contributed by atoms with E-state index in [0.29, 0.717) is 25.8 Å². The van der Waals surface area contributed by atoms with Crippen LogP contribution in [0.25, 0.3) is 0 Å². The second-order valence-corrected chi connectivity index (χ2v) is 7.14. The molecule has 7 nitrogen and oxygen atoms in total. The highest BCUT2D eigenvalue weighted by atomic mass is 16.2.